The second-order valence-corrected chi connectivity index (χ2v) is 6.81. The van der Waals surface area contributed by atoms with Crippen LogP contribution in [-0.2, 0) is 20.7 Å². The average Bonchev–Trinajstić information content (AvgIpc) is 2.65. The molecule has 0 bridgehead atoms. The molecule has 1 atom stereocenters. The number of benzene rings is 2. The molecule has 1 N–H and O–H groups in total. The summed E-state index contributed by atoms with van der Waals surface area (Å²) in [6, 6.07) is 12.2. The topological polar surface area (TPSA) is 64.6 Å². The van der Waals surface area contributed by atoms with Crippen LogP contribution in [0.15, 0.2) is 42.5 Å². The molecule has 27 heavy (non-hydrogen) atoms. The Morgan fingerprint density at radius 1 is 1.11 bits per heavy atom. The summed E-state index contributed by atoms with van der Waals surface area (Å²) in [7, 11) is 1.60. The Balaban J connectivity index is 1.74. The lowest BCUT2D eigenvalue weighted by Crippen LogP contribution is -2.31. The second kappa shape index (κ2) is 10.2. The highest BCUT2D eigenvalue weighted by atomic mass is 35.5. The van der Waals surface area contributed by atoms with Gasteiger partial charge in [0, 0.05) is 16.5 Å². The van der Waals surface area contributed by atoms with Crippen molar-refractivity contribution in [2.24, 2.45) is 0 Å². The van der Waals surface area contributed by atoms with Gasteiger partial charge in [0.15, 0.2) is 6.61 Å². The molecule has 0 aromatic heterocycles. The van der Waals surface area contributed by atoms with Crippen LogP contribution in [0.25, 0.3) is 0 Å². The van der Waals surface area contributed by atoms with Crippen molar-refractivity contribution < 1.29 is 19.1 Å². The summed E-state index contributed by atoms with van der Waals surface area (Å²) < 4.78 is 10.1. The van der Waals surface area contributed by atoms with E-state index in [2.05, 4.69) is 5.32 Å². The third kappa shape index (κ3) is 6.77. The first-order valence-corrected chi connectivity index (χ1v) is 9.17. The van der Waals surface area contributed by atoms with Crippen molar-refractivity contribution in [1.82, 2.24) is 5.32 Å². The van der Waals surface area contributed by atoms with Crippen LogP contribution in [0.3, 0.4) is 0 Å². The van der Waals surface area contributed by atoms with Crippen LogP contribution in [0.2, 0.25) is 10.0 Å². The lowest BCUT2D eigenvalue weighted by Gasteiger charge is -2.16. The number of amides is 1. The Bertz CT molecular complexity index is 793. The van der Waals surface area contributed by atoms with Crippen molar-refractivity contribution in [2.75, 3.05) is 13.7 Å². The largest absolute Gasteiger partial charge is 0.497 e. The molecule has 0 saturated heterocycles. The van der Waals surface area contributed by atoms with E-state index >= 15 is 0 Å². The zero-order valence-electron chi connectivity index (χ0n) is 15.1. The molecule has 0 heterocycles. The van der Waals surface area contributed by atoms with Crippen LogP contribution < -0.4 is 10.1 Å². The normalized spacial score (nSPS) is 11.6. The van der Waals surface area contributed by atoms with Gasteiger partial charge in [0.05, 0.1) is 13.2 Å². The molecular formula is C20H21Cl2NO4. The number of hydrogen-bond acceptors (Lipinski definition) is 4. The van der Waals surface area contributed by atoms with Crippen molar-refractivity contribution >= 4 is 35.1 Å². The first kappa shape index (κ1) is 21.1. The van der Waals surface area contributed by atoms with Gasteiger partial charge < -0.3 is 14.8 Å². The maximum absolute atomic E-state index is 12.0. The van der Waals surface area contributed by atoms with E-state index in [4.69, 9.17) is 32.7 Å². The van der Waals surface area contributed by atoms with E-state index in [1.54, 1.807) is 32.2 Å². The van der Waals surface area contributed by atoms with Gasteiger partial charge in [-0.05, 0) is 48.7 Å². The Kier molecular flexibility index (Phi) is 7.95. The summed E-state index contributed by atoms with van der Waals surface area (Å²) in [5.41, 5.74) is 1.73. The maximum Gasteiger partial charge on any atom is 0.306 e. The van der Waals surface area contributed by atoms with E-state index in [9.17, 15) is 9.59 Å². The molecule has 0 fully saturated rings. The van der Waals surface area contributed by atoms with Crippen LogP contribution in [0.5, 0.6) is 5.75 Å². The van der Waals surface area contributed by atoms with Crippen molar-refractivity contribution in [2.45, 2.75) is 25.8 Å². The zero-order valence-corrected chi connectivity index (χ0v) is 16.6. The van der Waals surface area contributed by atoms with Crippen molar-refractivity contribution in [1.29, 1.82) is 0 Å². The summed E-state index contributed by atoms with van der Waals surface area (Å²) in [6.07, 6.45) is 0.722. The van der Waals surface area contributed by atoms with Crippen LogP contribution in [-0.4, -0.2) is 25.6 Å². The summed E-state index contributed by atoms with van der Waals surface area (Å²) in [6.45, 7) is 1.45. The predicted octanol–water partition coefficient (Wildman–Crippen LogP) is 4.36. The van der Waals surface area contributed by atoms with E-state index in [0.717, 1.165) is 16.9 Å². The standard InChI is InChI=1S/C20H21Cl2NO4/c1-13(17-9-6-15(21)11-18(17)22)23-19(24)12-27-20(25)10-5-14-3-7-16(26-2)8-4-14/h3-4,6-9,11,13H,5,10,12H2,1-2H3,(H,23,24). The molecule has 7 heteroatoms. The number of carbonyl (C=O) groups is 2. The number of nitrogens with one attached hydrogen (secondary N) is 1. The van der Waals surface area contributed by atoms with Gasteiger partial charge in [-0.25, -0.2) is 0 Å². The molecule has 0 aliphatic carbocycles. The molecule has 0 aliphatic rings. The lowest BCUT2D eigenvalue weighted by atomic mass is 10.1. The van der Waals surface area contributed by atoms with E-state index in [0.29, 0.717) is 16.5 Å². The monoisotopic (exact) mass is 409 g/mol. The molecule has 5 nitrogen and oxygen atoms in total. The zero-order chi connectivity index (χ0) is 19.8. The number of hydrogen-bond donors (Lipinski definition) is 1. The van der Waals surface area contributed by atoms with Crippen LogP contribution in [0, 0.1) is 0 Å². The molecule has 0 saturated carbocycles. The minimum Gasteiger partial charge on any atom is -0.497 e. The van der Waals surface area contributed by atoms with Gasteiger partial charge in [-0.15, -0.1) is 0 Å². The third-order valence-electron chi connectivity index (χ3n) is 3.95. The summed E-state index contributed by atoms with van der Waals surface area (Å²) >= 11 is 12.0. The number of aryl methyl sites for hydroxylation is 1. The van der Waals surface area contributed by atoms with Gasteiger partial charge in [-0.3, -0.25) is 9.59 Å². The number of methoxy groups -OCH3 is 1. The summed E-state index contributed by atoms with van der Waals surface area (Å²) in [5, 5.41) is 3.73. The van der Waals surface area contributed by atoms with Crippen molar-refractivity contribution in [3.63, 3.8) is 0 Å². The smallest absolute Gasteiger partial charge is 0.306 e. The van der Waals surface area contributed by atoms with Gasteiger partial charge >= 0.3 is 5.97 Å². The number of halogens is 2. The molecule has 0 spiro atoms. The SMILES string of the molecule is COc1ccc(CCC(=O)OCC(=O)NC(C)c2ccc(Cl)cc2Cl)cc1. The predicted molar refractivity (Wildman–Crippen MR) is 105 cm³/mol. The molecule has 1 unspecified atom stereocenters. The minimum atomic E-state index is -0.432. The lowest BCUT2D eigenvalue weighted by molar-refractivity contribution is -0.148. The molecule has 2 rings (SSSR count). The quantitative estimate of drug-likeness (QED) is 0.657. The second-order valence-electron chi connectivity index (χ2n) is 5.96. The molecule has 0 radical (unpaired) electrons. The first-order chi connectivity index (χ1) is 12.9. The highest BCUT2D eigenvalue weighted by molar-refractivity contribution is 6.35. The summed E-state index contributed by atoms with van der Waals surface area (Å²) in [4.78, 5) is 23.8. The van der Waals surface area contributed by atoms with Gasteiger partial charge in [-0.2, -0.15) is 0 Å². The molecule has 2 aromatic carbocycles. The fraction of sp³-hybridized carbons (Fsp3) is 0.300. The van der Waals surface area contributed by atoms with Gasteiger partial charge in [0.2, 0.25) is 0 Å². The fourth-order valence-electron chi connectivity index (χ4n) is 2.47. The first-order valence-electron chi connectivity index (χ1n) is 8.42. The minimum absolute atomic E-state index is 0.193. The maximum atomic E-state index is 12.0. The average molecular weight is 410 g/mol. The molecule has 144 valence electrons. The third-order valence-corrected chi connectivity index (χ3v) is 4.51. The summed E-state index contributed by atoms with van der Waals surface area (Å²) in [5.74, 6) is -0.0719. The van der Waals surface area contributed by atoms with E-state index in [1.807, 2.05) is 24.3 Å². The van der Waals surface area contributed by atoms with Crippen molar-refractivity contribution in [3.8, 4) is 5.75 Å². The van der Waals surface area contributed by atoms with Crippen LogP contribution in [0.1, 0.15) is 30.5 Å². The van der Waals surface area contributed by atoms with E-state index < -0.39 is 11.9 Å². The Hall–Kier alpha value is -2.24. The highest BCUT2D eigenvalue weighted by Gasteiger charge is 2.14. The van der Waals surface area contributed by atoms with Gasteiger partial charge in [0.25, 0.3) is 5.91 Å². The molecule has 1 amide bonds. The molecule has 0 aliphatic heterocycles. The highest BCUT2D eigenvalue weighted by Crippen LogP contribution is 2.26. The van der Waals surface area contributed by atoms with Gasteiger partial charge in [-0.1, -0.05) is 41.4 Å². The van der Waals surface area contributed by atoms with E-state index in [-0.39, 0.29) is 19.1 Å². The number of esters is 1. The molecular weight excluding hydrogens is 389 g/mol. The van der Waals surface area contributed by atoms with Crippen LogP contribution >= 0.6 is 23.2 Å². The fourth-order valence-corrected chi connectivity index (χ4v) is 3.04. The number of ether oxygens (including phenoxy) is 2. The number of rotatable bonds is 8. The number of carbonyl (C=O) groups excluding carboxylic acids is 2. The molecule has 2 aromatic rings. The Morgan fingerprint density at radius 3 is 2.44 bits per heavy atom. The Labute approximate surface area is 168 Å². The van der Waals surface area contributed by atoms with Crippen molar-refractivity contribution in [3.05, 3.63) is 63.6 Å². The Morgan fingerprint density at radius 2 is 1.81 bits per heavy atom. The van der Waals surface area contributed by atoms with Crippen LogP contribution in [0.4, 0.5) is 0 Å². The van der Waals surface area contributed by atoms with Gasteiger partial charge in [0.1, 0.15) is 5.75 Å². The van der Waals surface area contributed by atoms with E-state index in [1.165, 1.54) is 0 Å².